The molecule has 13 heavy (non-hydrogen) atoms. The molecule has 1 aromatic carbocycles. The molecule has 0 heterocycles. The number of aromatic hydroxyl groups is 1. The van der Waals surface area contributed by atoms with E-state index in [2.05, 4.69) is 5.32 Å². The lowest BCUT2D eigenvalue weighted by atomic mass is 10.1. The van der Waals surface area contributed by atoms with Gasteiger partial charge in [0, 0.05) is 30.9 Å². The Morgan fingerprint density at radius 2 is 2.15 bits per heavy atom. The second-order valence-electron chi connectivity index (χ2n) is 2.81. The smallest absolute Gasteiger partial charge is 0.122 e. The van der Waals surface area contributed by atoms with Crippen LogP contribution in [-0.2, 0) is 6.54 Å². The molecule has 0 spiro atoms. The molecule has 0 saturated heterocycles. The Bertz CT molecular complexity index is 255. The molecule has 0 unspecified atom stereocenters. The minimum absolute atomic E-state index is 0.226. The molecule has 0 aromatic heterocycles. The fourth-order valence-corrected chi connectivity index (χ4v) is 1.10. The van der Waals surface area contributed by atoms with Gasteiger partial charge in [-0.15, -0.1) is 0 Å². The fraction of sp³-hybridized carbons (Fsp3) is 0.333. The summed E-state index contributed by atoms with van der Waals surface area (Å²) in [5.41, 5.74) is 12.3. The van der Waals surface area contributed by atoms with Crippen molar-refractivity contribution < 1.29 is 5.11 Å². The average Bonchev–Trinajstić information content (AvgIpc) is 2.10. The molecule has 0 aliphatic carbocycles. The van der Waals surface area contributed by atoms with E-state index in [1.807, 2.05) is 0 Å². The van der Waals surface area contributed by atoms with Crippen LogP contribution in [-0.4, -0.2) is 18.2 Å². The molecule has 0 radical (unpaired) electrons. The van der Waals surface area contributed by atoms with Gasteiger partial charge in [0.25, 0.3) is 0 Å². The highest BCUT2D eigenvalue weighted by atomic mass is 16.3. The van der Waals surface area contributed by atoms with E-state index < -0.39 is 0 Å². The van der Waals surface area contributed by atoms with Gasteiger partial charge < -0.3 is 21.9 Å². The number of benzene rings is 1. The van der Waals surface area contributed by atoms with Gasteiger partial charge in [-0.2, -0.15) is 0 Å². The molecule has 0 fully saturated rings. The first-order valence-electron chi connectivity index (χ1n) is 4.23. The third-order valence-corrected chi connectivity index (χ3v) is 1.81. The summed E-state index contributed by atoms with van der Waals surface area (Å²) in [6, 6.07) is 5.10. The molecule has 1 rings (SSSR count). The first kappa shape index (κ1) is 9.83. The lowest BCUT2D eigenvalue weighted by molar-refractivity contribution is 0.465. The van der Waals surface area contributed by atoms with Crippen LogP contribution in [0.15, 0.2) is 18.2 Å². The van der Waals surface area contributed by atoms with E-state index in [4.69, 9.17) is 11.5 Å². The summed E-state index contributed by atoms with van der Waals surface area (Å²) < 4.78 is 0. The number of anilines is 1. The second kappa shape index (κ2) is 4.69. The quantitative estimate of drug-likeness (QED) is 0.390. The van der Waals surface area contributed by atoms with Crippen molar-refractivity contribution in [3.8, 4) is 5.75 Å². The summed E-state index contributed by atoms with van der Waals surface area (Å²) in [5, 5.41) is 12.5. The Labute approximate surface area is 77.6 Å². The van der Waals surface area contributed by atoms with E-state index in [0.29, 0.717) is 25.3 Å². The van der Waals surface area contributed by atoms with Gasteiger partial charge in [0.1, 0.15) is 5.75 Å². The number of phenols is 1. The van der Waals surface area contributed by atoms with Gasteiger partial charge in [-0.3, -0.25) is 0 Å². The maximum Gasteiger partial charge on any atom is 0.122 e. The van der Waals surface area contributed by atoms with Crippen molar-refractivity contribution in [1.29, 1.82) is 0 Å². The summed E-state index contributed by atoms with van der Waals surface area (Å²) in [6.07, 6.45) is 0. The highest BCUT2D eigenvalue weighted by molar-refractivity contribution is 5.53. The largest absolute Gasteiger partial charge is 0.508 e. The van der Waals surface area contributed by atoms with Crippen LogP contribution in [0, 0.1) is 0 Å². The summed E-state index contributed by atoms with van der Waals surface area (Å²) in [5.74, 6) is 0.226. The number of rotatable bonds is 4. The molecule has 1 aromatic rings. The molecule has 72 valence electrons. The van der Waals surface area contributed by atoms with Crippen LogP contribution >= 0.6 is 0 Å². The molecule has 0 amide bonds. The topological polar surface area (TPSA) is 84.3 Å². The van der Waals surface area contributed by atoms with Gasteiger partial charge in [0.05, 0.1) is 0 Å². The number of hydrogen-bond acceptors (Lipinski definition) is 4. The van der Waals surface area contributed by atoms with E-state index >= 15 is 0 Å². The fourth-order valence-electron chi connectivity index (χ4n) is 1.10. The van der Waals surface area contributed by atoms with Crippen molar-refractivity contribution in [2.24, 2.45) is 5.73 Å². The van der Waals surface area contributed by atoms with Crippen LogP contribution < -0.4 is 16.8 Å². The number of nitrogen functional groups attached to an aromatic ring is 1. The normalized spacial score (nSPS) is 10.2. The highest BCUT2D eigenvalue weighted by Crippen LogP contribution is 2.22. The molecule has 0 aliphatic rings. The molecule has 0 saturated carbocycles. The van der Waals surface area contributed by atoms with Gasteiger partial charge in [-0.25, -0.2) is 0 Å². The molecule has 4 heteroatoms. The number of hydrogen-bond donors (Lipinski definition) is 4. The van der Waals surface area contributed by atoms with Crippen molar-refractivity contribution in [2.45, 2.75) is 6.54 Å². The van der Waals surface area contributed by atoms with Crippen LogP contribution in [0.25, 0.3) is 0 Å². The van der Waals surface area contributed by atoms with Crippen LogP contribution in [0.3, 0.4) is 0 Å². The van der Waals surface area contributed by atoms with Crippen LogP contribution in [0.5, 0.6) is 5.75 Å². The van der Waals surface area contributed by atoms with E-state index in [1.54, 1.807) is 18.2 Å². The van der Waals surface area contributed by atoms with E-state index in [1.165, 1.54) is 0 Å². The molecule has 6 N–H and O–H groups in total. The van der Waals surface area contributed by atoms with Crippen molar-refractivity contribution in [3.63, 3.8) is 0 Å². The molecular weight excluding hydrogens is 166 g/mol. The maximum absolute atomic E-state index is 9.44. The average molecular weight is 181 g/mol. The Kier molecular flexibility index (Phi) is 3.54. The minimum atomic E-state index is 0.226. The van der Waals surface area contributed by atoms with E-state index in [9.17, 15) is 5.11 Å². The van der Waals surface area contributed by atoms with Crippen molar-refractivity contribution in [1.82, 2.24) is 5.32 Å². The third-order valence-electron chi connectivity index (χ3n) is 1.81. The lowest BCUT2D eigenvalue weighted by Gasteiger charge is -2.08. The van der Waals surface area contributed by atoms with Crippen LogP contribution in [0.4, 0.5) is 5.69 Å². The Morgan fingerprint density at radius 3 is 2.77 bits per heavy atom. The summed E-state index contributed by atoms with van der Waals surface area (Å²) in [4.78, 5) is 0. The predicted molar refractivity (Wildman–Crippen MR) is 53.3 cm³/mol. The zero-order valence-electron chi connectivity index (χ0n) is 7.46. The van der Waals surface area contributed by atoms with Crippen molar-refractivity contribution in [3.05, 3.63) is 23.8 Å². The predicted octanol–water partition coefficient (Wildman–Crippen LogP) is 0.0227. The second-order valence-corrected chi connectivity index (χ2v) is 2.81. The molecule has 0 atom stereocenters. The van der Waals surface area contributed by atoms with Gasteiger partial charge in [0.15, 0.2) is 0 Å². The molecule has 0 aliphatic heterocycles. The molecule has 0 bridgehead atoms. The first-order chi connectivity index (χ1) is 6.25. The van der Waals surface area contributed by atoms with E-state index in [0.717, 1.165) is 5.56 Å². The Balaban J connectivity index is 2.64. The highest BCUT2D eigenvalue weighted by Gasteiger charge is 2.03. The standard InChI is InChI=1S/C9H15N3O/c10-4-5-12-6-7-8(11)2-1-3-9(7)13/h1-3,12-13H,4-6,10-11H2. The Hall–Kier alpha value is -1.26. The SMILES string of the molecule is NCCNCc1c(N)cccc1O. The Morgan fingerprint density at radius 1 is 1.38 bits per heavy atom. The van der Waals surface area contributed by atoms with Gasteiger partial charge in [-0.1, -0.05) is 6.07 Å². The van der Waals surface area contributed by atoms with Gasteiger partial charge in [0.2, 0.25) is 0 Å². The van der Waals surface area contributed by atoms with Crippen LogP contribution in [0.1, 0.15) is 5.56 Å². The van der Waals surface area contributed by atoms with E-state index in [-0.39, 0.29) is 5.75 Å². The third kappa shape index (κ3) is 2.61. The number of nitrogens with one attached hydrogen (secondary N) is 1. The first-order valence-corrected chi connectivity index (χ1v) is 4.23. The lowest BCUT2D eigenvalue weighted by Crippen LogP contribution is -2.22. The number of nitrogens with two attached hydrogens (primary N) is 2. The zero-order valence-corrected chi connectivity index (χ0v) is 7.46. The molecular formula is C9H15N3O. The van der Waals surface area contributed by atoms with Crippen molar-refractivity contribution in [2.75, 3.05) is 18.8 Å². The summed E-state index contributed by atoms with van der Waals surface area (Å²) in [7, 11) is 0. The zero-order chi connectivity index (χ0) is 9.68. The maximum atomic E-state index is 9.44. The monoisotopic (exact) mass is 181 g/mol. The minimum Gasteiger partial charge on any atom is -0.508 e. The summed E-state index contributed by atoms with van der Waals surface area (Å²) >= 11 is 0. The van der Waals surface area contributed by atoms with Crippen molar-refractivity contribution >= 4 is 5.69 Å². The summed E-state index contributed by atoms with van der Waals surface area (Å²) in [6.45, 7) is 1.84. The van der Waals surface area contributed by atoms with Gasteiger partial charge in [-0.05, 0) is 12.1 Å². The number of phenolic OH excluding ortho intramolecular Hbond substituents is 1. The molecule has 4 nitrogen and oxygen atoms in total. The van der Waals surface area contributed by atoms with Gasteiger partial charge >= 0.3 is 0 Å². The van der Waals surface area contributed by atoms with Crippen LogP contribution in [0.2, 0.25) is 0 Å².